The molecule has 2 heterocycles. The van der Waals surface area contributed by atoms with E-state index in [1.165, 1.54) is 6.07 Å². The standard InChI is InChI=1S/C22H28F3N3O2/c23-22(24,25)16-3-4-18(26-11-16)28-5-1-2-17(12-28)27-20(30)21-8-13-6-14(9-21)19(29)15(7-13)10-21/h3-4,11,13-15,17,19,29H,1-2,5-10,12H2,(H,27,30). The van der Waals surface area contributed by atoms with Crippen molar-refractivity contribution in [2.45, 2.75) is 63.3 Å². The Labute approximate surface area is 174 Å². The van der Waals surface area contributed by atoms with Crippen molar-refractivity contribution in [1.82, 2.24) is 10.3 Å². The Hall–Kier alpha value is -1.83. The first-order valence-electron chi connectivity index (χ1n) is 11.0. The SMILES string of the molecule is O=C(NC1CCCN(c2ccc(C(F)(F)F)cn2)C1)C12CC3CC(C1)C(O)C(C3)C2. The molecule has 1 aliphatic heterocycles. The highest BCUT2D eigenvalue weighted by atomic mass is 19.4. The maximum Gasteiger partial charge on any atom is 0.417 e. The normalized spacial score (nSPS) is 38.0. The molecule has 4 bridgehead atoms. The van der Waals surface area contributed by atoms with Crippen LogP contribution in [0.3, 0.4) is 0 Å². The van der Waals surface area contributed by atoms with Gasteiger partial charge in [-0.3, -0.25) is 4.79 Å². The van der Waals surface area contributed by atoms with Crippen LogP contribution in [0.2, 0.25) is 0 Å². The van der Waals surface area contributed by atoms with E-state index in [-0.39, 0.29) is 35.3 Å². The maximum absolute atomic E-state index is 13.3. The number of alkyl halides is 3. The summed E-state index contributed by atoms with van der Waals surface area (Å²) in [6.07, 6.45) is 2.52. The van der Waals surface area contributed by atoms with Crippen molar-refractivity contribution in [3.63, 3.8) is 0 Å². The van der Waals surface area contributed by atoms with Crippen LogP contribution in [0.1, 0.15) is 50.5 Å². The van der Waals surface area contributed by atoms with E-state index in [2.05, 4.69) is 10.3 Å². The van der Waals surface area contributed by atoms with Crippen molar-refractivity contribution in [3.8, 4) is 0 Å². The van der Waals surface area contributed by atoms with Crippen LogP contribution in [0, 0.1) is 23.2 Å². The molecule has 164 valence electrons. The van der Waals surface area contributed by atoms with Gasteiger partial charge in [-0.15, -0.1) is 0 Å². The van der Waals surface area contributed by atoms with Gasteiger partial charge in [-0.25, -0.2) is 4.98 Å². The van der Waals surface area contributed by atoms with Gasteiger partial charge in [0.2, 0.25) is 5.91 Å². The molecule has 0 aromatic carbocycles. The third kappa shape index (κ3) is 3.47. The van der Waals surface area contributed by atoms with Crippen molar-refractivity contribution < 1.29 is 23.1 Å². The molecule has 2 N–H and O–H groups in total. The second kappa shape index (κ2) is 7.11. The first kappa shape index (κ1) is 20.1. The summed E-state index contributed by atoms with van der Waals surface area (Å²) in [4.78, 5) is 19.3. The summed E-state index contributed by atoms with van der Waals surface area (Å²) in [5.74, 6) is 1.68. The molecular weight excluding hydrogens is 395 g/mol. The summed E-state index contributed by atoms with van der Waals surface area (Å²) < 4.78 is 38.4. The van der Waals surface area contributed by atoms with Gasteiger partial charge in [-0.1, -0.05) is 0 Å². The lowest BCUT2D eigenvalue weighted by atomic mass is 9.48. The number of rotatable bonds is 3. The summed E-state index contributed by atoms with van der Waals surface area (Å²) in [7, 11) is 0. The Bertz CT molecular complexity index is 797. The number of hydrogen-bond acceptors (Lipinski definition) is 4. The predicted octanol–water partition coefficient (Wildman–Crippen LogP) is 3.37. The first-order valence-corrected chi connectivity index (χ1v) is 11.0. The van der Waals surface area contributed by atoms with E-state index in [4.69, 9.17) is 0 Å². The summed E-state index contributed by atoms with van der Waals surface area (Å²) in [6.45, 7) is 1.27. The van der Waals surface area contributed by atoms with Crippen molar-refractivity contribution in [2.75, 3.05) is 18.0 Å². The fourth-order valence-corrected chi connectivity index (χ4v) is 6.66. The third-order valence-corrected chi connectivity index (χ3v) is 7.86. The molecular formula is C22H28F3N3O2. The lowest BCUT2D eigenvalue weighted by Crippen LogP contribution is -2.60. The molecule has 8 heteroatoms. The highest BCUT2D eigenvalue weighted by molar-refractivity contribution is 5.83. The number of nitrogens with one attached hydrogen (secondary N) is 1. The second-order valence-electron chi connectivity index (χ2n) is 9.90. The number of anilines is 1. The van der Waals surface area contributed by atoms with Crippen LogP contribution in [0.15, 0.2) is 18.3 Å². The second-order valence-corrected chi connectivity index (χ2v) is 9.90. The molecule has 0 radical (unpaired) electrons. The van der Waals surface area contributed by atoms with Crippen LogP contribution in [0.25, 0.3) is 0 Å². The Morgan fingerprint density at radius 2 is 1.93 bits per heavy atom. The van der Waals surface area contributed by atoms with Crippen LogP contribution in [0.4, 0.5) is 19.0 Å². The molecule has 5 fully saturated rings. The zero-order valence-corrected chi connectivity index (χ0v) is 16.9. The van der Waals surface area contributed by atoms with Gasteiger partial charge in [0.25, 0.3) is 0 Å². The lowest BCUT2D eigenvalue weighted by Gasteiger charge is -2.58. The molecule has 5 nitrogen and oxygen atoms in total. The summed E-state index contributed by atoms with van der Waals surface area (Å²) >= 11 is 0. The predicted molar refractivity (Wildman–Crippen MR) is 105 cm³/mol. The average molecular weight is 423 g/mol. The van der Waals surface area contributed by atoms with Crippen LogP contribution in [0.5, 0.6) is 0 Å². The van der Waals surface area contributed by atoms with Crippen LogP contribution in [-0.4, -0.2) is 41.2 Å². The Kier molecular flexibility index (Phi) is 4.76. The molecule has 1 aromatic rings. The largest absolute Gasteiger partial charge is 0.417 e. The number of carbonyl (C=O) groups is 1. The fraction of sp³-hybridized carbons (Fsp3) is 0.727. The van der Waals surface area contributed by atoms with Gasteiger partial charge in [0, 0.05) is 25.3 Å². The van der Waals surface area contributed by atoms with Gasteiger partial charge >= 0.3 is 6.18 Å². The van der Waals surface area contributed by atoms with E-state index in [1.807, 2.05) is 4.90 Å². The Morgan fingerprint density at radius 3 is 2.57 bits per heavy atom. The minimum atomic E-state index is -4.39. The third-order valence-electron chi connectivity index (χ3n) is 7.86. The van der Waals surface area contributed by atoms with Crippen LogP contribution in [-0.2, 0) is 11.0 Å². The van der Waals surface area contributed by atoms with E-state index in [0.717, 1.165) is 57.2 Å². The van der Waals surface area contributed by atoms with Gasteiger partial charge in [0.05, 0.1) is 17.1 Å². The molecule has 1 saturated heterocycles. The average Bonchev–Trinajstić information content (AvgIpc) is 2.71. The van der Waals surface area contributed by atoms with Gasteiger partial charge < -0.3 is 15.3 Å². The quantitative estimate of drug-likeness (QED) is 0.783. The maximum atomic E-state index is 13.3. The van der Waals surface area contributed by atoms with E-state index < -0.39 is 11.7 Å². The van der Waals surface area contributed by atoms with Gasteiger partial charge in [-0.05, 0) is 74.8 Å². The van der Waals surface area contributed by atoms with Gasteiger partial charge in [0.1, 0.15) is 5.82 Å². The monoisotopic (exact) mass is 423 g/mol. The van der Waals surface area contributed by atoms with E-state index in [9.17, 15) is 23.1 Å². The number of pyridine rings is 1. The van der Waals surface area contributed by atoms with Crippen molar-refractivity contribution in [1.29, 1.82) is 0 Å². The number of hydrogen-bond donors (Lipinski definition) is 2. The van der Waals surface area contributed by atoms with Gasteiger partial charge in [-0.2, -0.15) is 13.2 Å². The highest BCUT2D eigenvalue weighted by Gasteiger charge is 2.58. The summed E-state index contributed by atoms with van der Waals surface area (Å²) in [5.41, 5.74) is -1.10. The zero-order chi connectivity index (χ0) is 21.1. The zero-order valence-electron chi connectivity index (χ0n) is 16.9. The number of amides is 1. The molecule has 4 saturated carbocycles. The van der Waals surface area contributed by atoms with E-state index >= 15 is 0 Å². The summed E-state index contributed by atoms with van der Waals surface area (Å²) in [5, 5.41) is 13.7. The number of piperidine rings is 1. The number of aliphatic hydroxyl groups is 1. The van der Waals surface area contributed by atoms with Crippen molar-refractivity contribution in [3.05, 3.63) is 23.9 Å². The molecule has 3 atom stereocenters. The molecule has 6 rings (SSSR count). The number of aliphatic hydroxyl groups excluding tert-OH is 1. The first-order chi connectivity index (χ1) is 14.2. The van der Waals surface area contributed by atoms with Crippen molar-refractivity contribution >= 4 is 11.7 Å². The van der Waals surface area contributed by atoms with E-state index in [0.29, 0.717) is 24.8 Å². The number of carbonyl (C=O) groups excluding carboxylic acids is 1. The lowest BCUT2D eigenvalue weighted by molar-refractivity contribution is -0.163. The van der Waals surface area contributed by atoms with E-state index in [1.54, 1.807) is 0 Å². The minimum Gasteiger partial charge on any atom is -0.393 e. The van der Waals surface area contributed by atoms with Crippen LogP contribution < -0.4 is 10.2 Å². The minimum absolute atomic E-state index is 0.0340. The van der Waals surface area contributed by atoms with Crippen LogP contribution >= 0.6 is 0 Å². The number of aromatic nitrogens is 1. The number of nitrogens with zero attached hydrogens (tertiary/aromatic N) is 2. The topological polar surface area (TPSA) is 65.5 Å². The molecule has 5 aliphatic rings. The summed E-state index contributed by atoms with van der Waals surface area (Å²) in [6, 6.07) is 2.44. The fourth-order valence-electron chi connectivity index (χ4n) is 6.66. The number of halogens is 3. The molecule has 30 heavy (non-hydrogen) atoms. The Balaban J connectivity index is 1.24. The molecule has 1 amide bonds. The molecule has 4 aliphatic carbocycles. The van der Waals surface area contributed by atoms with Crippen molar-refractivity contribution in [2.24, 2.45) is 23.2 Å². The smallest absolute Gasteiger partial charge is 0.393 e. The molecule has 3 unspecified atom stereocenters. The highest BCUT2D eigenvalue weighted by Crippen LogP contribution is 2.60. The molecule has 1 aromatic heterocycles. The van der Waals surface area contributed by atoms with Gasteiger partial charge in [0.15, 0.2) is 0 Å². The Morgan fingerprint density at radius 1 is 1.20 bits per heavy atom. The molecule has 0 spiro atoms.